The molecule has 4 heteroatoms. The zero-order chi connectivity index (χ0) is 6.00. The first kappa shape index (κ1) is 26.2. The Bertz CT molecular complexity index is 10.1. The molecule has 0 bridgehead atoms. The molecule has 7 heavy (non-hydrogen) atoms. The third-order valence-corrected chi connectivity index (χ3v) is 0. The Kier molecular flexibility index (Phi) is 4130. The van der Waals surface area contributed by atoms with Crippen LogP contribution < -0.4 is 0 Å². The van der Waals surface area contributed by atoms with E-state index in [-0.39, 0.29) is 17.4 Å². The Morgan fingerprint density at radius 2 is 0.571 bits per heavy atom. The normalized spacial score (nSPS) is 2.57. The summed E-state index contributed by atoms with van der Waals surface area (Å²) in [6.07, 6.45) is 0. The number of hydrogen-bond donors (Lipinski definition) is 0. The molecule has 0 atom stereocenters. The van der Waals surface area contributed by atoms with Crippen molar-refractivity contribution in [2.45, 2.75) is 0 Å². The summed E-state index contributed by atoms with van der Waals surface area (Å²) in [4.78, 5) is 0. The third-order valence-electron chi connectivity index (χ3n) is 0. The standard InChI is InChI=1S/3CH4N.Al/c3*1-2;/h3*2H,1H3;/q3*-1;+3. The summed E-state index contributed by atoms with van der Waals surface area (Å²) in [5.41, 5.74) is 17.2. The van der Waals surface area contributed by atoms with Crippen LogP contribution in [0.15, 0.2) is 0 Å². The van der Waals surface area contributed by atoms with Gasteiger partial charge in [0.15, 0.2) is 0 Å². The maximum Gasteiger partial charge on any atom is 3.00 e. The Hall–Kier alpha value is 0.412. The zero-order valence-corrected chi connectivity index (χ0v) is 6.23. The van der Waals surface area contributed by atoms with Crippen molar-refractivity contribution in [3.05, 3.63) is 17.2 Å². The van der Waals surface area contributed by atoms with Crippen LogP contribution in [0, 0.1) is 0 Å². The van der Waals surface area contributed by atoms with Crippen molar-refractivity contribution >= 4 is 17.4 Å². The van der Waals surface area contributed by atoms with E-state index in [1.54, 1.807) is 0 Å². The fourth-order valence-electron chi connectivity index (χ4n) is 0. The van der Waals surface area contributed by atoms with Crippen LogP contribution in [-0.2, 0) is 0 Å². The van der Waals surface area contributed by atoms with E-state index in [1.165, 1.54) is 21.1 Å². The van der Waals surface area contributed by atoms with Gasteiger partial charge in [-0.2, -0.15) is 21.1 Å². The molecule has 0 aromatic heterocycles. The largest absolute Gasteiger partial charge is 3.00 e. The van der Waals surface area contributed by atoms with E-state index in [0.29, 0.717) is 0 Å². The van der Waals surface area contributed by atoms with Crippen molar-refractivity contribution in [3.63, 3.8) is 0 Å². The topological polar surface area (TPSA) is 71.4 Å². The van der Waals surface area contributed by atoms with Crippen LogP contribution in [0.3, 0.4) is 0 Å². The molecule has 0 amide bonds. The van der Waals surface area contributed by atoms with Crippen molar-refractivity contribution in [3.8, 4) is 0 Å². The van der Waals surface area contributed by atoms with Gasteiger partial charge in [-0.3, -0.25) is 0 Å². The van der Waals surface area contributed by atoms with Crippen LogP contribution in [0.2, 0.25) is 0 Å². The second-order valence-electron chi connectivity index (χ2n) is 0. The molecule has 0 aliphatic heterocycles. The Labute approximate surface area is 56.4 Å². The second-order valence-corrected chi connectivity index (χ2v) is 0. The molecule has 0 rings (SSSR count). The summed E-state index contributed by atoms with van der Waals surface area (Å²) in [5.74, 6) is 0. The van der Waals surface area contributed by atoms with E-state index < -0.39 is 0 Å². The van der Waals surface area contributed by atoms with Crippen LogP contribution in [0.5, 0.6) is 0 Å². The van der Waals surface area contributed by atoms with E-state index in [2.05, 4.69) is 0 Å². The maximum absolute atomic E-state index is 5.75. The molecular weight excluding hydrogens is 105 g/mol. The van der Waals surface area contributed by atoms with E-state index in [9.17, 15) is 0 Å². The third kappa shape index (κ3) is 734. The second kappa shape index (κ2) is 1100. The predicted octanol–water partition coefficient (Wildman–Crippen LogP) is 1.62. The van der Waals surface area contributed by atoms with E-state index in [1.807, 2.05) is 0 Å². The SMILES string of the molecule is C[NH-].C[NH-].C[NH-].[Al+3]. The molecule has 0 spiro atoms. The van der Waals surface area contributed by atoms with Crippen molar-refractivity contribution in [1.29, 1.82) is 0 Å². The number of rotatable bonds is 0. The van der Waals surface area contributed by atoms with Gasteiger partial charge in [0.25, 0.3) is 0 Å². The average Bonchev–Trinajstić information content (AvgIpc) is 1.81. The number of nitrogens with one attached hydrogen (secondary N) is 3. The van der Waals surface area contributed by atoms with Gasteiger partial charge in [0.05, 0.1) is 0 Å². The molecule has 0 aliphatic carbocycles. The smallest absolute Gasteiger partial charge is 0.680 e. The van der Waals surface area contributed by atoms with Crippen LogP contribution in [-0.4, -0.2) is 38.5 Å². The minimum Gasteiger partial charge on any atom is -0.680 e. The van der Waals surface area contributed by atoms with Crippen LogP contribution in [0.1, 0.15) is 0 Å². The fourth-order valence-corrected chi connectivity index (χ4v) is 0. The molecule has 3 N–H and O–H groups in total. The Balaban J connectivity index is -0.00000000900. The van der Waals surface area contributed by atoms with E-state index in [4.69, 9.17) is 17.2 Å². The minimum absolute atomic E-state index is 0. The van der Waals surface area contributed by atoms with Crippen LogP contribution >= 0.6 is 0 Å². The zero-order valence-electron chi connectivity index (χ0n) is 5.08. The minimum atomic E-state index is 0. The van der Waals surface area contributed by atoms with Gasteiger partial charge in [0.1, 0.15) is 0 Å². The molecule has 0 radical (unpaired) electrons. The molecule has 42 valence electrons. The first-order chi connectivity index (χ1) is 3.00. The molecule has 0 saturated carbocycles. The molecule has 3 nitrogen and oxygen atoms in total. The molecule has 0 aromatic carbocycles. The van der Waals surface area contributed by atoms with Gasteiger partial charge < -0.3 is 17.2 Å². The van der Waals surface area contributed by atoms with Gasteiger partial charge in [-0.25, -0.2) is 0 Å². The first-order valence-electron chi connectivity index (χ1n) is 1.50. The summed E-state index contributed by atoms with van der Waals surface area (Å²) in [6, 6.07) is 0. The predicted molar refractivity (Wildman–Crippen MR) is 36.5 cm³/mol. The summed E-state index contributed by atoms with van der Waals surface area (Å²) >= 11 is 0. The summed E-state index contributed by atoms with van der Waals surface area (Å²) < 4.78 is 0. The van der Waals surface area contributed by atoms with E-state index >= 15 is 0 Å². The van der Waals surface area contributed by atoms with Gasteiger partial charge in [-0.15, -0.1) is 0 Å². The number of hydrogen-bond acceptors (Lipinski definition) is 0. The molecule has 0 fully saturated rings. The summed E-state index contributed by atoms with van der Waals surface area (Å²) in [6.45, 7) is 0. The summed E-state index contributed by atoms with van der Waals surface area (Å²) in [7, 11) is 3.75. The molecule has 0 unspecified atom stereocenters. The molecular formula is C3H12AlN3. The van der Waals surface area contributed by atoms with Crippen LogP contribution in [0.25, 0.3) is 17.2 Å². The van der Waals surface area contributed by atoms with Crippen LogP contribution in [0.4, 0.5) is 0 Å². The quantitative estimate of drug-likeness (QED) is 0.432. The average molecular weight is 117 g/mol. The van der Waals surface area contributed by atoms with Gasteiger partial charge in [-0.05, 0) is 0 Å². The summed E-state index contributed by atoms with van der Waals surface area (Å²) in [5, 5.41) is 0. The van der Waals surface area contributed by atoms with Crippen molar-refractivity contribution in [1.82, 2.24) is 0 Å². The van der Waals surface area contributed by atoms with Gasteiger partial charge in [0, 0.05) is 0 Å². The Morgan fingerprint density at radius 3 is 0.571 bits per heavy atom. The van der Waals surface area contributed by atoms with Gasteiger partial charge in [-0.1, -0.05) is 0 Å². The van der Waals surface area contributed by atoms with Crippen molar-refractivity contribution < 1.29 is 0 Å². The van der Waals surface area contributed by atoms with Gasteiger partial charge >= 0.3 is 17.4 Å². The van der Waals surface area contributed by atoms with Crippen molar-refractivity contribution in [2.24, 2.45) is 0 Å². The molecule has 0 saturated heterocycles. The monoisotopic (exact) mass is 117 g/mol. The van der Waals surface area contributed by atoms with Crippen molar-refractivity contribution in [2.75, 3.05) is 21.1 Å². The maximum atomic E-state index is 5.75. The fraction of sp³-hybridized carbons (Fsp3) is 1.00. The molecule has 0 aromatic rings. The Morgan fingerprint density at radius 1 is 0.571 bits per heavy atom. The van der Waals surface area contributed by atoms with E-state index in [0.717, 1.165) is 0 Å². The molecule has 0 aliphatic rings. The first-order valence-corrected chi connectivity index (χ1v) is 1.50. The molecule has 0 heterocycles. The van der Waals surface area contributed by atoms with Gasteiger partial charge in [0.2, 0.25) is 0 Å².